The minimum Gasteiger partial charge on any atom is -0.403 e. The summed E-state index contributed by atoms with van der Waals surface area (Å²) in [7, 11) is -0.595. The SMILES string of the molecule is CCCCC[Si@H]1CC[C@H](CCc2cc(F)c(-c3ccc(OC(F)(F)F)c(F)c3)c(F)c2)CC1. The van der Waals surface area contributed by atoms with Crippen LogP contribution in [0, 0.1) is 23.4 Å². The summed E-state index contributed by atoms with van der Waals surface area (Å²) in [6.45, 7) is 2.22. The smallest absolute Gasteiger partial charge is 0.403 e. The van der Waals surface area contributed by atoms with Crippen molar-refractivity contribution in [2.75, 3.05) is 0 Å². The summed E-state index contributed by atoms with van der Waals surface area (Å²) in [6.07, 6.45) is 2.72. The van der Waals surface area contributed by atoms with Gasteiger partial charge in [-0.2, -0.15) is 0 Å². The van der Waals surface area contributed by atoms with E-state index in [-0.39, 0.29) is 5.56 Å². The molecule has 1 saturated heterocycles. The van der Waals surface area contributed by atoms with E-state index in [1.807, 2.05) is 0 Å². The van der Waals surface area contributed by atoms with Gasteiger partial charge in [-0.05, 0) is 54.2 Å². The molecule has 0 N–H and O–H groups in total. The normalized spacial score (nSPS) is 19.0. The summed E-state index contributed by atoms with van der Waals surface area (Å²) in [5.74, 6) is -3.53. The van der Waals surface area contributed by atoms with Gasteiger partial charge in [0.15, 0.2) is 11.6 Å². The van der Waals surface area contributed by atoms with Crippen LogP contribution in [-0.4, -0.2) is 15.2 Å². The molecule has 0 atom stereocenters. The van der Waals surface area contributed by atoms with Gasteiger partial charge in [0.05, 0.1) is 5.56 Å². The minimum absolute atomic E-state index is 0.185. The summed E-state index contributed by atoms with van der Waals surface area (Å²) in [4.78, 5) is 0. The summed E-state index contributed by atoms with van der Waals surface area (Å²) >= 11 is 0. The molecular weight excluding hydrogens is 458 g/mol. The first-order chi connectivity index (χ1) is 15.7. The summed E-state index contributed by atoms with van der Waals surface area (Å²) < 4.78 is 83.8. The maximum atomic E-state index is 14.7. The van der Waals surface area contributed by atoms with E-state index in [0.29, 0.717) is 30.0 Å². The van der Waals surface area contributed by atoms with E-state index in [0.717, 1.165) is 12.5 Å². The molecule has 1 nitrogen and oxygen atoms in total. The third-order valence-electron chi connectivity index (χ3n) is 6.57. The average molecular weight is 489 g/mol. The van der Waals surface area contributed by atoms with Crippen LogP contribution >= 0.6 is 0 Å². The lowest BCUT2D eigenvalue weighted by atomic mass is 9.93. The summed E-state index contributed by atoms with van der Waals surface area (Å²) in [5.41, 5.74) is -0.113. The van der Waals surface area contributed by atoms with E-state index in [1.54, 1.807) is 0 Å². The first-order valence-electron chi connectivity index (χ1n) is 11.7. The van der Waals surface area contributed by atoms with E-state index in [2.05, 4.69) is 11.7 Å². The number of hydrogen-bond donors (Lipinski definition) is 0. The van der Waals surface area contributed by atoms with Crippen LogP contribution in [0.4, 0.5) is 26.3 Å². The Hall–Kier alpha value is -1.96. The molecule has 2 aromatic rings. The molecule has 0 aliphatic carbocycles. The van der Waals surface area contributed by atoms with E-state index in [1.165, 1.54) is 62.4 Å². The fraction of sp³-hybridized carbons (Fsp3) is 0.520. The Morgan fingerprint density at radius 3 is 2.18 bits per heavy atom. The van der Waals surface area contributed by atoms with Gasteiger partial charge in [-0.25, -0.2) is 13.2 Å². The number of benzene rings is 2. The number of rotatable bonds is 9. The van der Waals surface area contributed by atoms with Crippen LogP contribution in [0.5, 0.6) is 5.75 Å². The first-order valence-corrected chi connectivity index (χ1v) is 14.1. The highest BCUT2D eigenvalue weighted by Crippen LogP contribution is 2.34. The number of hydrogen-bond acceptors (Lipinski definition) is 1. The van der Waals surface area contributed by atoms with Crippen molar-refractivity contribution in [3.05, 3.63) is 53.3 Å². The van der Waals surface area contributed by atoms with Crippen molar-refractivity contribution in [3.63, 3.8) is 0 Å². The van der Waals surface area contributed by atoms with Crippen molar-refractivity contribution >= 4 is 8.80 Å². The van der Waals surface area contributed by atoms with Gasteiger partial charge in [0, 0.05) is 8.80 Å². The lowest BCUT2D eigenvalue weighted by Gasteiger charge is -2.27. The first kappa shape index (κ1) is 25.7. The molecule has 0 bridgehead atoms. The van der Waals surface area contributed by atoms with Crippen molar-refractivity contribution in [2.24, 2.45) is 5.92 Å². The molecule has 0 radical (unpaired) electrons. The largest absolute Gasteiger partial charge is 0.573 e. The molecule has 182 valence electrons. The molecule has 2 aromatic carbocycles. The van der Waals surface area contributed by atoms with Crippen molar-refractivity contribution in [1.29, 1.82) is 0 Å². The third-order valence-corrected chi connectivity index (χ3v) is 10.1. The molecule has 1 aliphatic heterocycles. The molecule has 0 aromatic heterocycles. The Bertz CT molecular complexity index is 899. The van der Waals surface area contributed by atoms with Gasteiger partial charge in [-0.1, -0.05) is 63.2 Å². The van der Waals surface area contributed by atoms with Gasteiger partial charge < -0.3 is 4.74 Å². The standard InChI is InChI=1S/C25H30F6OSi/c1-2-3-4-11-33-12-9-17(10-13-33)5-6-18-14-21(27)24(22(28)15-18)19-7-8-23(20(26)16-19)32-25(29,30)31/h7-8,14-17,33H,2-6,9-13H2,1H3/t17-,33-. The zero-order chi connectivity index (χ0) is 24.0. The molecule has 0 amide bonds. The Kier molecular flexibility index (Phi) is 8.90. The Morgan fingerprint density at radius 2 is 1.61 bits per heavy atom. The van der Waals surface area contributed by atoms with Crippen molar-refractivity contribution in [1.82, 2.24) is 0 Å². The van der Waals surface area contributed by atoms with Crippen LogP contribution < -0.4 is 4.74 Å². The number of unbranched alkanes of at least 4 members (excludes halogenated alkanes) is 2. The van der Waals surface area contributed by atoms with Crippen molar-refractivity contribution < 1.29 is 31.1 Å². The van der Waals surface area contributed by atoms with E-state index >= 15 is 0 Å². The molecule has 33 heavy (non-hydrogen) atoms. The number of halogens is 6. The predicted octanol–water partition coefficient (Wildman–Crippen LogP) is 8.43. The summed E-state index contributed by atoms with van der Waals surface area (Å²) in [6, 6.07) is 8.99. The highest BCUT2D eigenvalue weighted by molar-refractivity contribution is 6.58. The monoisotopic (exact) mass is 488 g/mol. The van der Waals surface area contributed by atoms with E-state index < -0.39 is 43.9 Å². The average Bonchev–Trinajstić information content (AvgIpc) is 2.74. The van der Waals surface area contributed by atoms with Gasteiger partial charge in [-0.15, -0.1) is 13.2 Å². The molecule has 1 aliphatic rings. The molecule has 0 spiro atoms. The van der Waals surface area contributed by atoms with Gasteiger partial charge in [0.1, 0.15) is 11.6 Å². The van der Waals surface area contributed by atoms with Gasteiger partial charge >= 0.3 is 6.36 Å². The number of aryl methyl sites for hydroxylation is 1. The molecule has 3 rings (SSSR count). The number of alkyl halides is 3. The van der Waals surface area contributed by atoms with Crippen LogP contribution in [-0.2, 0) is 6.42 Å². The van der Waals surface area contributed by atoms with Gasteiger partial charge in [-0.3, -0.25) is 0 Å². The number of ether oxygens (including phenoxy) is 1. The third kappa shape index (κ3) is 7.52. The van der Waals surface area contributed by atoms with Crippen molar-refractivity contribution in [3.8, 4) is 16.9 Å². The fourth-order valence-electron chi connectivity index (χ4n) is 4.77. The maximum absolute atomic E-state index is 14.7. The molecule has 0 unspecified atom stereocenters. The predicted molar refractivity (Wildman–Crippen MR) is 121 cm³/mol. The highest BCUT2D eigenvalue weighted by Gasteiger charge is 2.32. The van der Waals surface area contributed by atoms with E-state index in [4.69, 9.17) is 0 Å². The Labute approximate surface area is 192 Å². The Morgan fingerprint density at radius 1 is 0.939 bits per heavy atom. The molecular formula is C25H30F6OSi. The topological polar surface area (TPSA) is 9.23 Å². The van der Waals surface area contributed by atoms with Crippen LogP contribution in [0.15, 0.2) is 30.3 Å². The quantitative estimate of drug-likeness (QED) is 0.196. The van der Waals surface area contributed by atoms with Crippen molar-refractivity contribution in [2.45, 2.75) is 76.4 Å². The van der Waals surface area contributed by atoms with Crippen LogP contribution in [0.25, 0.3) is 11.1 Å². The van der Waals surface area contributed by atoms with Crippen LogP contribution in [0.3, 0.4) is 0 Å². The zero-order valence-corrected chi connectivity index (χ0v) is 19.9. The second kappa shape index (κ2) is 11.4. The maximum Gasteiger partial charge on any atom is 0.573 e. The second-order valence-electron chi connectivity index (χ2n) is 9.05. The molecule has 0 saturated carbocycles. The van der Waals surface area contributed by atoms with Crippen LogP contribution in [0.2, 0.25) is 18.1 Å². The minimum atomic E-state index is -5.06. The Balaban J connectivity index is 1.60. The molecule has 1 fully saturated rings. The molecule has 1 heterocycles. The lowest BCUT2D eigenvalue weighted by molar-refractivity contribution is -0.275. The fourth-order valence-corrected chi connectivity index (χ4v) is 8.39. The van der Waals surface area contributed by atoms with Crippen LogP contribution in [0.1, 0.15) is 51.0 Å². The second-order valence-corrected chi connectivity index (χ2v) is 12.5. The van der Waals surface area contributed by atoms with Gasteiger partial charge in [0.25, 0.3) is 0 Å². The zero-order valence-electron chi connectivity index (χ0n) is 18.8. The summed E-state index contributed by atoms with van der Waals surface area (Å²) in [5, 5.41) is 0. The lowest BCUT2D eigenvalue weighted by Crippen LogP contribution is -2.21. The highest BCUT2D eigenvalue weighted by atomic mass is 28.3. The van der Waals surface area contributed by atoms with E-state index in [9.17, 15) is 26.3 Å². The molecule has 8 heteroatoms. The van der Waals surface area contributed by atoms with Gasteiger partial charge in [0.2, 0.25) is 0 Å².